The topological polar surface area (TPSA) is 16.4 Å². The number of hydrogen-bond donors (Lipinski definition) is 0. The van der Waals surface area contributed by atoms with Gasteiger partial charge in [0.2, 0.25) is 0 Å². The first-order chi connectivity index (χ1) is 27.8. The highest BCUT2D eigenvalue weighted by atomic mass is 16.3. The minimum atomic E-state index is 0.898. The van der Waals surface area contributed by atoms with Crippen molar-refractivity contribution in [1.82, 2.24) is 0 Å². The Morgan fingerprint density at radius 2 is 0.839 bits per heavy atom. The lowest BCUT2D eigenvalue weighted by molar-refractivity contribution is 0.670. The standard InChI is InChI=1S/C54H37NO/c1-4-18-38(19-5-1)40-34-35-44(39-20-6-2-7-21-39)51(37-40)47-27-11-10-26-46(47)48-28-12-14-32-52(48)55(42-23-8-3-9-24-42)43-25-16-22-41(36-43)45-30-17-31-50-49-29-13-15-33-53(49)56-54(45)50/h1-37H. The molecule has 0 aliphatic heterocycles. The van der Waals surface area contributed by atoms with Crippen LogP contribution in [0.2, 0.25) is 0 Å². The Kier molecular flexibility index (Phi) is 8.55. The zero-order valence-electron chi connectivity index (χ0n) is 30.7. The monoisotopic (exact) mass is 715 g/mol. The van der Waals surface area contributed by atoms with Crippen molar-refractivity contribution < 1.29 is 4.42 Å². The third kappa shape index (κ3) is 6.04. The van der Waals surface area contributed by atoms with Crippen LogP contribution in [0.15, 0.2) is 229 Å². The molecule has 0 spiro atoms. The molecule has 0 aliphatic carbocycles. The SMILES string of the molecule is c1ccc(-c2ccc(-c3ccccc3)c(-c3ccccc3-c3ccccc3N(c3ccccc3)c3cccc(-c4cccc5c4oc4ccccc45)c3)c2)cc1. The van der Waals surface area contributed by atoms with E-state index in [1.54, 1.807) is 0 Å². The Hall–Kier alpha value is -7.42. The summed E-state index contributed by atoms with van der Waals surface area (Å²) in [5, 5.41) is 2.25. The number of benzene rings is 9. The number of para-hydroxylation sites is 4. The number of nitrogens with zero attached hydrogens (tertiary/aromatic N) is 1. The molecule has 0 radical (unpaired) electrons. The highest BCUT2D eigenvalue weighted by molar-refractivity contribution is 6.09. The molecule has 2 heteroatoms. The van der Waals surface area contributed by atoms with E-state index in [2.05, 4.69) is 217 Å². The van der Waals surface area contributed by atoms with Gasteiger partial charge in [0.05, 0.1) is 5.69 Å². The number of anilines is 3. The summed E-state index contributed by atoms with van der Waals surface area (Å²) in [7, 11) is 0. The maximum absolute atomic E-state index is 6.50. The Labute approximate surface area is 327 Å². The van der Waals surface area contributed by atoms with Gasteiger partial charge in [-0.25, -0.2) is 0 Å². The van der Waals surface area contributed by atoms with E-state index in [0.29, 0.717) is 0 Å². The van der Waals surface area contributed by atoms with E-state index >= 15 is 0 Å². The molecule has 10 rings (SSSR count). The van der Waals surface area contributed by atoms with E-state index in [9.17, 15) is 0 Å². The average molecular weight is 716 g/mol. The first kappa shape index (κ1) is 33.2. The van der Waals surface area contributed by atoms with Crippen LogP contribution in [0.1, 0.15) is 0 Å². The van der Waals surface area contributed by atoms with Crippen LogP contribution >= 0.6 is 0 Å². The highest BCUT2D eigenvalue weighted by Gasteiger charge is 2.21. The van der Waals surface area contributed by atoms with Gasteiger partial charge < -0.3 is 9.32 Å². The number of hydrogen-bond acceptors (Lipinski definition) is 2. The molecule has 1 aromatic heterocycles. The first-order valence-corrected chi connectivity index (χ1v) is 19.1. The summed E-state index contributed by atoms with van der Waals surface area (Å²) in [4.78, 5) is 2.38. The quantitative estimate of drug-likeness (QED) is 0.156. The predicted octanol–water partition coefficient (Wildman–Crippen LogP) is 15.4. The van der Waals surface area contributed by atoms with Crippen molar-refractivity contribution in [2.24, 2.45) is 0 Å². The van der Waals surface area contributed by atoms with Crippen LogP contribution < -0.4 is 4.90 Å². The fourth-order valence-corrected chi connectivity index (χ4v) is 8.09. The van der Waals surface area contributed by atoms with Crippen LogP contribution in [-0.4, -0.2) is 0 Å². The van der Waals surface area contributed by atoms with E-state index in [1.165, 1.54) is 33.4 Å². The van der Waals surface area contributed by atoms with Gasteiger partial charge in [-0.2, -0.15) is 0 Å². The first-order valence-electron chi connectivity index (χ1n) is 19.1. The summed E-state index contributed by atoms with van der Waals surface area (Å²) >= 11 is 0. The normalized spacial score (nSPS) is 11.2. The maximum Gasteiger partial charge on any atom is 0.143 e. The van der Waals surface area contributed by atoms with Gasteiger partial charge >= 0.3 is 0 Å². The summed E-state index contributed by atoms with van der Waals surface area (Å²) in [5.41, 5.74) is 16.6. The zero-order valence-corrected chi connectivity index (χ0v) is 30.7. The van der Waals surface area contributed by atoms with Crippen LogP contribution in [0.3, 0.4) is 0 Å². The molecule has 9 aromatic carbocycles. The van der Waals surface area contributed by atoms with E-state index in [4.69, 9.17) is 4.42 Å². The van der Waals surface area contributed by atoms with Crippen molar-refractivity contribution in [2.75, 3.05) is 4.90 Å². The van der Waals surface area contributed by atoms with Gasteiger partial charge in [0.1, 0.15) is 11.2 Å². The predicted molar refractivity (Wildman–Crippen MR) is 236 cm³/mol. The molecule has 0 saturated carbocycles. The second kappa shape index (κ2) is 14.4. The molecule has 0 N–H and O–H groups in total. The van der Waals surface area contributed by atoms with Gasteiger partial charge in [-0.1, -0.05) is 182 Å². The average Bonchev–Trinajstić information content (AvgIpc) is 3.67. The molecule has 10 aromatic rings. The lowest BCUT2D eigenvalue weighted by Gasteiger charge is -2.29. The van der Waals surface area contributed by atoms with E-state index < -0.39 is 0 Å². The van der Waals surface area contributed by atoms with E-state index in [0.717, 1.165) is 61.3 Å². The van der Waals surface area contributed by atoms with Crippen molar-refractivity contribution >= 4 is 39.0 Å². The fraction of sp³-hybridized carbons (Fsp3) is 0. The fourth-order valence-electron chi connectivity index (χ4n) is 8.09. The molecule has 0 saturated heterocycles. The third-order valence-electron chi connectivity index (χ3n) is 10.7. The number of furan rings is 1. The van der Waals surface area contributed by atoms with Crippen molar-refractivity contribution in [3.63, 3.8) is 0 Å². The molecule has 0 amide bonds. The lowest BCUT2D eigenvalue weighted by Crippen LogP contribution is -2.11. The van der Waals surface area contributed by atoms with Crippen molar-refractivity contribution in [3.8, 4) is 55.6 Å². The molecular formula is C54H37NO. The van der Waals surface area contributed by atoms with Crippen LogP contribution in [0.5, 0.6) is 0 Å². The van der Waals surface area contributed by atoms with Crippen molar-refractivity contribution in [3.05, 3.63) is 224 Å². The van der Waals surface area contributed by atoms with Crippen LogP contribution in [0.25, 0.3) is 77.6 Å². The van der Waals surface area contributed by atoms with Gasteiger partial charge in [0.25, 0.3) is 0 Å². The Bertz CT molecular complexity index is 2960. The second-order valence-electron chi connectivity index (χ2n) is 14.1. The van der Waals surface area contributed by atoms with Crippen LogP contribution in [0, 0.1) is 0 Å². The molecule has 0 fully saturated rings. The Morgan fingerprint density at radius 3 is 1.62 bits per heavy atom. The van der Waals surface area contributed by atoms with Gasteiger partial charge in [-0.05, 0) is 87.0 Å². The van der Waals surface area contributed by atoms with E-state index in [1.807, 2.05) is 12.1 Å². The number of fused-ring (bicyclic) bond motifs is 3. The highest BCUT2D eigenvalue weighted by Crippen LogP contribution is 2.47. The third-order valence-corrected chi connectivity index (χ3v) is 10.7. The van der Waals surface area contributed by atoms with Gasteiger partial charge in [0.15, 0.2) is 0 Å². The largest absolute Gasteiger partial charge is 0.455 e. The summed E-state index contributed by atoms with van der Waals surface area (Å²) in [5.74, 6) is 0. The van der Waals surface area contributed by atoms with Crippen LogP contribution in [-0.2, 0) is 0 Å². The molecule has 0 atom stereocenters. The second-order valence-corrected chi connectivity index (χ2v) is 14.1. The summed E-state index contributed by atoms with van der Waals surface area (Å²) < 4.78 is 6.50. The zero-order chi connectivity index (χ0) is 37.3. The molecule has 264 valence electrons. The van der Waals surface area contributed by atoms with Gasteiger partial charge in [0, 0.05) is 33.3 Å². The lowest BCUT2D eigenvalue weighted by atomic mass is 9.87. The van der Waals surface area contributed by atoms with Gasteiger partial charge in [-0.3, -0.25) is 0 Å². The van der Waals surface area contributed by atoms with Crippen molar-refractivity contribution in [1.29, 1.82) is 0 Å². The smallest absolute Gasteiger partial charge is 0.143 e. The van der Waals surface area contributed by atoms with E-state index in [-0.39, 0.29) is 0 Å². The summed E-state index contributed by atoms with van der Waals surface area (Å²) in [6.07, 6.45) is 0. The Morgan fingerprint density at radius 1 is 0.286 bits per heavy atom. The minimum Gasteiger partial charge on any atom is -0.455 e. The van der Waals surface area contributed by atoms with Gasteiger partial charge in [-0.15, -0.1) is 0 Å². The summed E-state index contributed by atoms with van der Waals surface area (Å²) in [6.45, 7) is 0. The molecule has 1 heterocycles. The van der Waals surface area contributed by atoms with Crippen LogP contribution in [0.4, 0.5) is 17.1 Å². The minimum absolute atomic E-state index is 0.898. The molecule has 0 unspecified atom stereocenters. The molecule has 56 heavy (non-hydrogen) atoms. The molecule has 2 nitrogen and oxygen atoms in total. The molecule has 0 aliphatic rings. The van der Waals surface area contributed by atoms with Crippen molar-refractivity contribution in [2.45, 2.75) is 0 Å². The molecule has 0 bridgehead atoms. The maximum atomic E-state index is 6.50. The Balaban J connectivity index is 1.16. The summed E-state index contributed by atoms with van der Waals surface area (Å²) in [6, 6.07) is 80.1. The molecular weight excluding hydrogens is 679 g/mol. The number of rotatable bonds is 8.